The average molecular weight is 307 g/mol. The first-order chi connectivity index (χ1) is 10.0. The van der Waals surface area contributed by atoms with Gasteiger partial charge < -0.3 is 14.6 Å². The molecule has 1 aromatic heterocycles. The summed E-state index contributed by atoms with van der Waals surface area (Å²) in [7, 11) is 3.18. The van der Waals surface area contributed by atoms with Crippen molar-refractivity contribution in [3.63, 3.8) is 0 Å². The number of carbonyl (C=O) groups is 1. The maximum atomic E-state index is 10.7. The molecular formula is C15H17NO4S. The summed E-state index contributed by atoms with van der Waals surface area (Å²) in [5.41, 5.74) is 1.81. The van der Waals surface area contributed by atoms with Crippen molar-refractivity contribution < 1.29 is 19.4 Å². The number of benzene rings is 1. The predicted octanol–water partition coefficient (Wildman–Crippen LogP) is 3.15. The molecule has 0 unspecified atom stereocenters. The Morgan fingerprint density at radius 2 is 2.00 bits per heavy atom. The monoisotopic (exact) mass is 307 g/mol. The van der Waals surface area contributed by atoms with Crippen LogP contribution in [0.15, 0.2) is 18.2 Å². The molecule has 0 aliphatic rings. The smallest absolute Gasteiger partial charge is 0.303 e. The van der Waals surface area contributed by atoms with Gasteiger partial charge in [-0.15, -0.1) is 11.3 Å². The lowest BCUT2D eigenvalue weighted by atomic mass is 10.2. The predicted molar refractivity (Wildman–Crippen MR) is 81.3 cm³/mol. The van der Waals surface area contributed by atoms with Crippen molar-refractivity contribution in [3.8, 4) is 22.1 Å². The number of rotatable bonds is 6. The highest BCUT2D eigenvalue weighted by molar-refractivity contribution is 7.15. The first-order valence-corrected chi connectivity index (χ1v) is 7.27. The van der Waals surface area contributed by atoms with Gasteiger partial charge in [0.2, 0.25) is 0 Å². The Hall–Kier alpha value is -2.08. The zero-order valence-corrected chi connectivity index (χ0v) is 13.0. The quantitative estimate of drug-likeness (QED) is 0.888. The standard InChI is InChI=1S/C15H17NO4S/c1-9-13(6-7-14(17)18)21-15(16-9)10-4-5-11(19-2)12(8-10)20-3/h4-5,8H,6-7H2,1-3H3,(H,17,18). The lowest BCUT2D eigenvalue weighted by Crippen LogP contribution is -1.96. The number of thiazole rings is 1. The normalized spacial score (nSPS) is 10.4. The molecule has 0 bridgehead atoms. The molecule has 2 rings (SSSR count). The number of carboxylic acids is 1. The van der Waals surface area contributed by atoms with E-state index in [1.807, 2.05) is 25.1 Å². The van der Waals surface area contributed by atoms with E-state index < -0.39 is 5.97 Å². The molecule has 1 aromatic carbocycles. The van der Waals surface area contributed by atoms with Gasteiger partial charge in [-0.1, -0.05) is 0 Å². The van der Waals surface area contributed by atoms with Gasteiger partial charge in [0.15, 0.2) is 11.5 Å². The Labute approximate surface area is 127 Å². The van der Waals surface area contributed by atoms with Crippen LogP contribution in [-0.4, -0.2) is 30.3 Å². The first kappa shape index (κ1) is 15.3. The maximum Gasteiger partial charge on any atom is 0.303 e. The molecule has 6 heteroatoms. The summed E-state index contributed by atoms with van der Waals surface area (Å²) >= 11 is 1.52. The fourth-order valence-corrected chi connectivity index (χ4v) is 3.03. The van der Waals surface area contributed by atoms with E-state index in [-0.39, 0.29) is 6.42 Å². The van der Waals surface area contributed by atoms with Crippen LogP contribution in [0.25, 0.3) is 10.6 Å². The zero-order valence-electron chi connectivity index (χ0n) is 12.2. The minimum atomic E-state index is -0.796. The summed E-state index contributed by atoms with van der Waals surface area (Å²) < 4.78 is 10.5. The van der Waals surface area contributed by atoms with Crippen molar-refractivity contribution in [2.75, 3.05) is 14.2 Å². The Morgan fingerprint density at radius 3 is 2.62 bits per heavy atom. The Morgan fingerprint density at radius 1 is 1.29 bits per heavy atom. The minimum absolute atomic E-state index is 0.119. The van der Waals surface area contributed by atoms with Crippen molar-refractivity contribution in [1.82, 2.24) is 4.98 Å². The number of methoxy groups -OCH3 is 2. The van der Waals surface area contributed by atoms with Crippen LogP contribution in [0.1, 0.15) is 17.0 Å². The van der Waals surface area contributed by atoms with Crippen LogP contribution in [0, 0.1) is 6.92 Å². The summed E-state index contributed by atoms with van der Waals surface area (Å²) in [6.45, 7) is 1.90. The second-order valence-electron chi connectivity index (χ2n) is 4.49. The van der Waals surface area contributed by atoms with E-state index >= 15 is 0 Å². The fourth-order valence-electron chi connectivity index (χ4n) is 1.97. The van der Waals surface area contributed by atoms with E-state index in [0.29, 0.717) is 17.9 Å². The van der Waals surface area contributed by atoms with E-state index in [9.17, 15) is 4.79 Å². The number of hydrogen-bond acceptors (Lipinski definition) is 5. The fraction of sp³-hybridized carbons (Fsp3) is 0.333. The van der Waals surface area contributed by atoms with E-state index in [4.69, 9.17) is 14.6 Å². The number of hydrogen-bond donors (Lipinski definition) is 1. The number of nitrogens with zero attached hydrogens (tertiary/aromatic N) is 1. The summed E-state index contributed by atoms with van der Waals surface area (Å²) in [5, 5.41) is 9.62. The molecule has 0 radical (unpaired) electrons. The molecular weight excluding hydrogens is 290 g/mol. The van der Waals surface area contributed by atoms with Crippen LogP contribution in [0.4, 0.5) is 0 Å². The zero-order chi connectivity index (χ0) is 15.4. The van der Waals surface area contributed by atoms with Gasteiger partial charge in [-0.2, -0.15) is 0 Å². The lowest BCUT2D eigenvalue weighted by Gasteiger charge is -2.08. The van der Waals surface area contributed by atoms with Crippen LogP contribution in [-0.2, 0) is 11.2 Å². The van der Waals surface area contributed by atoms with Gasteiger partial charge >= 0.3 is 5.97 Å². The third kappa shape index (κ3) is 3.52. The number of aromatic nitrogens is 1. The number of aliphatic carboxylic acids is 1. The van der Waals surface area contributed by atoms with Gasteiger partial charge in [0.1, 0.15) is 5.01 Å². The minimum Gasteiger partial charge on any atom is -0.493 e. The molecule has 0 fully saturated rings. The molecule has 2 aromatic rings. The SMILES string of the molecule is COc1ccc(-c2nc(C)c(CCC(=O)O)s2)cc1OC. The Kier molecular flexibility index (Phi) is 4.80. The van der Waals surface area contributed by atoms with Crippen molar-refractivity contribution >= 4 is 17.3 Å². The largest absolute Gasteiger partial charge is 0.493 e. The second kappa shape index (κ2) is 6.58. The van der Waals surface area contributed by atoms with Crippen molar-refractivity contribution in [1.29, 1.82) is 0 Å². The van der Waals surface area contributed by atoms with Crippen LogP contribution >= 0.6 is 11.3 Å². The van der Waals surface area contributed by atoms with Crippen LogP contribution in [0.2, 0.25) is 0 Å². The van der Waals surface area contributed by atoms with E-state index in [0.717, 1.165) is 21.1 Å². The number of ether oxygens (including phenoxy) is 2. The van der Waals surface area contributed by atoms with Gasteiger partial charge in [0.25, 0.3) is 0 Å². The Balaban J connectivity index is 2.30. The van der Waals surface area contributed by atoms with Crippen LogP contribution < -0.4 is 9.47 Å². The third-order valence-electron chi connectivity index (χ3n) is 3.09. The van der Waals surface area contributed by atoms with Crippen LogP contribution in [0.5, 0.6) is 11.5 Å². The highest BCUT2D eigenvalue weighted by atomic mass is 32.1. The molecule has 0 spiro atoms. The molecule has 112 valence electrons. The molecule has 0 amide bonds. The van der Waals surface area contributed by atoms with Gasteiger partial charge in [-0.3, -0.25) is 4.79 Å². The molecule has 0 saturated carbocycles. The molecule has 1 heterocycles. The van der Waals surface area contributed by atoms with E-state index in [1.54, 1.807) is 14.2 Å². The van der Waals surface area contributed by atoms with Crippen molar-refractivity contribution in [2.24, 2.45) is 0 Å². The van der Waals surface area contributed by atoms with Gasteiger partial charge in [-0.25, -0.2) is 4.98 Å². The molecule has 1 N–H and O–H groups in total. The molecule has 0 saturated heterocycles. The van der Waals surface area contributed by atoms with Gasteiger partial charge in [0.05, 0.1) is 26.3 Å². The van der Waals surface area contributed by atoms with E-state index in [1.165, 1.54) is 11.3 Å². The van der Waals surface area contributed by atoms with Gasteiger partial charge in [0, 0.05) is 10.4 Å². The summed E-state index contributed by atoms with van der Waals surface area (Å²) in [6.07, 6.45) is 0.626. The van der Waals surface area contributed by atoms with Gasteiger partial charge in [-0.05, 0) is 31.5 Å². The first-order valence-electron chi connectivity index (χ1n) is 6.45. The van der Waals surface area contributed by atoms with Crippen molar-refractivity contribution in [3.05, 3.63) is 28.8 Å². The third-order valence-corrected chi connectivity index (χ3v) is 4.36. The number of aryl methyl sites for hydroxylation is 2. The molecule has 0 atom stereocenters. The highest BCUT2D eigenvalue weighted by Crippen LogP contribution is 2.35. The van der Waals surface area contributed by atoms with E-state index in [2.05, 4.69) is 4.98 Å². The molecule has 5 nitrogen and oxygen atoms in total. The van der Waals surface area contributed by atoms with Crippen molar-refractivity contribution in [2.45, 2.75) is 19.8 Å². The molecule has 0 aliphatic heterocycles. The highest BCUT2D eigenvalue weighted by Gasteiger charge is 2.13. The summed E-state index contributed by atoms with van der Waals surface area (Å²) in [6, 6.07) is 5.63. The lowest BCUT2D eigenvalue weighted by molar-refractivity contribution is -0.136. The summed E-state index contributed by atoms with van der Waals surface area (Å²) in [4.78, 5) is 16.2. The number of carboxylic acid groups (broad SMARTS) is 1. The topological polar surface area (TPSA) is 68.7 Å². The average Bonchev–Trinajstić information content (AvgIpc) is 2.85. The maximum absolute atomic E-state index is 10.7. The summed E-state index contributed by atoms with van der Waals surface area (Å²) in [5.74, 6) is 0.519. The Bertz CT molecular complexity index is 651. The second-order valence-corrected chi connectivity index (χ2v) is 5.57. The van der Waals surface area contributed by atoms with Crippen LogP contribution in [0.3, 0.4) is 0 Å². The molecule has 21 heavy (non-hydrogen) atoms. The molecule has 0 aliphatic carbocycles.